The van der Waals surface area contributed by atoms with E-state index in [0.29, 0.717) is 13.0 Å². The van der Waals surface area contributed by atoms with Gasteiger partial charge in [-0.25, -0.2) is 4.79 Å². The molecular weight excluding hydrogens is 266 g/mol. The summed E-state index contributed by atoms with van der Waals surface area (Å²) in [5.41, 5.74) is 2.90. The lowest BCUT2D eigenvalue weighted by molar-refractivity contribution is 0.204. The van der Waals surface area contributed by atoms with Crippen LogP contribution in [-0.2, 0) is 0 Å². The summed E-state index contributed by atoms with van der Waals surface area (Å²) in [4.78, 5) is 13.9. The molecule has 0 aliphatic carbocycles. The third-order valence-electron chi connectivity index (χ3n) is 3.45. The minimum atomic E-state index is -0.224. The SMILES string of the molecule is Cc1cc(NC(=O)NCC(C)(C)CCO)ccc1N(C)C. The van der Waals surface area contributed by atoms with Gasteiger partial charge in [-0.2, -0.15) is 0 Å². The molecule has 0 aliphatic heterocycles. The fourth-order valence-electron chi connectivity index (χ4n) is 2.12. The van der Waals surface area contributed by atoms with Crippen molar-refractivity contribution in [2.45, 2.75) is 27.2 Å². The van der Waals surface area contributed by atoms with Gasteiger partial charge in [0.25, 0.3) is 0 Å². The van der Waals surface area contributed by atoms with Gasteiger partial charge in [0.15, 0.2) is 0 Å². The largest absolute Gasteiger partial charge is 0.396 e. The number of carbonyl (C=O) groups is 1. The topological polar surface area (TPSA) is 64.6 Å². The Morgan fingerprint density at radius 2 is 2.00 bits per heavy atom. The molecule has 0 fully saturated rings. The first kappa shape index (κ1) is 17.3. The van der Waals surface area contributed by atoms with Crippen molar-refractivity contribution in [2.24, 2.45) is 5.41 Å². The fourth-order valence-corrected chi connectivity index (χ4v) is 2.12. The number of hydrogen-bond acceptors (Lipinski definition) is 3. The minimum Gasteiger partial charge on any atom is -0.396 e. The Morgan fingerprint density at radius 1 is 1.33 bits per heavy atom. The first-order chi connectivity index (χ1) is 9.75. The lowest BCUT2D eigenvalue weighted by Crippen LogP contribution is -2.37. The zero-order valence-corrected chi connectivity index (χ0v) is 13.7. The molecule has 5 nitrogen and oxygen atoms in total. The molecule has 0 spiro atoms. The second-order valence-corrected chi connectivity index (χ2v) is 6.34. The Hall–Kier alpha value is -1.75. The Labute approximate surface area is 127 Å². The number of benzene rings is 1. The van der Waals surface area contributed by atoms with E-state index in [0.717, 1.165) is 16.9 Å². The third-order valence-corrected chi connectivity index (χ3v) is 3.45. The molecule has 1 rings (SSSR count). The van der Waals surface area contributed by atoms with E-state index in [1.165, 1.54) is 0 Å². The number of urea groups is 1. The Kier molecular flexibility index (Phi) is 6.03. The Bertz CT molecular complexity index is 484. The highest BCUT2D eigenvalue weighted by Crippen LogP contribution is 2.22. The highest BCUT2D eigenvalue weighted by Gasteiger charge is 2.18. The number of aliphatic hydroxyl groups is 1. The van der Waals surface area contributed by atoms with Gasteiger partial charge in [0.05, 0.1) is 0 Å². The van der Waals surface area contributed by atoms with Crippen LogP contribution in [0.4, 0.5) is 16.2 Å². The van der Waals surface area contributed by atoms with Crippen LogP contribution in [0.3, 0.4) is 0 Å². The van der Waals surface area contributed by atoms with Crippen LogP contribution in [0.2, 0.25) is 0 Å². The van der Waals surface area contributed by atoms with E-state index in [9.17, 15) is 4.79 Å². The van der Waals surface area contributed by atoms with Gasteiger partial charge >= 0.3 is 6.03 Å². The highest BCUT2D eigenvalue weighted by atomic mass is 16.3. The number of carbonyl (C=O) groups excluding carboxylic acids is 1. The summed E-state index contributed by atoms with van der Waals surface area (Å²) in [6, 6.07) is 5.60. The molecule has 118 valence electrons. The molecule has 0 bridgehead atoms. The molecule has 3 N–H and O–H groups in total. The molecular formula is C16H27N3O2. The van der Waals surface area contributed by atoms with Crippen molar-refractivity contribution in [2.75, 3.05) is 37.5 Å². The number of nitrogens with one attached hydrogen (secondary N) is 2. The standard InChI is InChI=1S/C16H27N3O2/c1-12-10-13(6-7-14(12)19(4)5)18-15(21)17-11-16(2,3)8-9-20/h6-7,10,20H,8-9,11H2,1-5H3,(H2,17,18,21). The fraction of sp³-hybridized carbons (Fsp3) is 0.562. The summed E-state index contributed by atoms with van der Waals surface area (Å²) in [5, 5.41) is 14.6. The van der Waals surface area contributed by atoms with Gasteiger partial charge in [-0.1, -0.05) is 13.8 Å². The number of aryl methyl sites for hydroxylation is 1. The van der Waals surface area contributed by atoms with E-state index in [2.05, 4.69) is 10.6 Å². The number of rotatable bonds is 6. The predicted octanol–water partition coefficient (Wildman–Crippen LogP) is 2.59. The number of aliphatic hydroxyl groups excluding tert-OH is 1. The molecule has 0 aromatic heterocycles. The molecule has 21 heavy (non-hydrogen) atoms. The van der Waals surface area contributed by atoms with Gasteiger partial charge in [0.2, 0.25) is 0 Å². The normalized spacial score (nSPS) is 11.1. The smallest absolute Gasteiger partial charge is 0.319 e. The summed E-state index contributed by atoms with van der Waals surface area (Å²) in [5.74, 6) is 0. The highest BCUT2D eigenvalue weighted by molar-refractivity contribution is 5.89. The first-order valence-corrected chi connectivity index (χ1v) is 7.19. The van der Waals surface area contributed by atoms with Crippen molar-refractivity contribution in [3.05, 3.63) is 23.8 Å². The molecule has 0 saturated heterocycles. The van der Waals surface area contributed by atoms with Crippen molar-refractivity contribution < 1.29 is 9.90 Å². The van der Waals surface area contributed by atoms with Crippen LogP contribution in [-0.4, -0.2) is 38.4 Å². The maximum Gasteiger partial charge on any atom is 0.319 e. The average Bonchev–Trinajstić information content (AvgIpc) is 2.36. The quantitative estimate of drug-likeness (QED) is 0.755. The van der Waals surface area contributed by atoms with Crippen molar-refractivity contribution in [1.82, 2.24) is 5.32 Å². The Morgan fingerprint density at radius 3 is 2.52 bits per heavy atom. The summed E-state index contributed by atoms with van der Waals surface area (Å²) in [6.07, 6.45) is 0.657. The molecule has 5 heteroatoms. The van der Waals surface area contributed by atoms with Crippen LogP contribution >= 0.6 is 0 Å². The van der Waals surface area contributed by atoms with Crippen LogP contribution in [0, 0.1) is 12.3 Å². The van der Waals surface area contributed by atoms with Crippen molar-refractivity contribution >= 4 is 17.4 Å². The van der Waals surface area contributed by atoms with E-state index in [1.54, 1.807) is 0 Å². The number of amides is 2. The van der Waals surface area contributed by atoms with Gasteiger partial charge in [0, 0.05) is 38.6 Å². The molecule has 2 amide bonds. The zero-order chi connectivity index (χ0) is 16.0. The van der Waals surface area contributed by atoms with Gasteiger partial charge in [0.1, 0.15) is 0 Å². The van der Waals surface area contributed by atoms with Gasteiger partial charge in [-0.05, 0) is 42.5 Å². The lowest BCUT2D eigenvalue weighted by atomic mass is 9.90. The molecule has 1 aromatic carbocycles. The summed E-state index contributed by atoms with van der Waals surface area (Å²) in [7, 11) is 3.98. The monoisotopic (exact) mass is 293 g/mol. The maximum atomic E-state index is 11.9. The van der Waals surface area contributed by atoms with E-state index < -0.39 is 0 Å². The molecule has 1 aromatic rings. The van der Waals surface area contributed by atoms with Gasteiger partial charge < -0.3 is 20.6 Å². The van der Waals surface area contributed by atoms with E-state index >= 15 is 0 Å². The van der Waals surface area contributed by atoms with Crippen LogP contribution < -0.4 is 15.5 Å². The molecule has 0 saturated carbocycles. The number of nitrogens with zero attached hydrogens (tertiary/aromatic N) is 1. The maximum absolute atomic E-state index is 11.9. The third kappa shape index (κ3) is 5.63. The molecule has 0 radical (unpaired) electrons. The van der Waals surface area contributed by atoms with Gasteiger partial charge in [-0.15, -0.1) is 0 Å². The lowest BCUT2D eigenvalue weighted by Gasteiger charge is -2.24. The van der Waals surface area contributed by atoms with E-state index in [1.807, 2.05) is 58.0 Å². The van der Waals surface area contributed by atoms with Crippen molar-refractivity contribution in [1.29, 1.82) is 0 Å². The average molecular weight is 293 g/mol. The first-order valence-electron chi connectivity index (χ1n) is 7.19. The van der Waals surface area contributed by atoms with Crippen molar-refractivity contribution in [3.8, 4) is 0 Å². The van der Waals surface area contributed by atoms with Crippen LogP contribution in [0.5, 0.6) is 0 Å². The Balaban J connectivity index is 2.57. The number of anilines is 2. The van der Waals surface area contributed by atoms with E-state index in [4.69, 9.17) is 5.11 Å². The summed E-state index contributed by atoms with van der Waals surface area (Å²) >= 11 is 0. The summed E-state index contributed by atoms with van der Waals surface area (Å²) < 4.78 is 0. The molecule has 0 unspecified atom stereocenters. The van der Waals surface area contributed by atoms with Crippen LogP contribution in [0.15, 0.2) is 18.2 Å². The second-order valence-electron chi connectivity index (χ2n) is 6.34. The van der Waals surface area contributed by atoms with Gasteiger partial charge in [-0.3, -0.25) is 0 Å². The summed E-state index contributed by atoms with van der Waals surface area (Å²) in [6.45, 7) is 6.69. The molecule has 0 heterocycles. The van der Waals surface area contributed by atoms with Crippen LogP contribution in [0.1, 0.15) is 25.8 Å². The zero-order valence-electron chi connectivity index (χ0n) is 13.7. The van der Waals surface area contributed by atoms with Crippen LogP contribution in [0.25, 0.3) is 0 Å². The predicted molar refractivity (Wildman–Crippen MR) is 88.0 cm³/mol. The van der Waals surface area contributed by atoms with E-state index in [-0.39, 0.29) is 18.1 Å². The molecule has 0 aliphatic rings. The second kappa shape index (κ2) is 7.31. The molecule has 0 atom stereocenters. The van der Waals surface area contributed by atoms with Crippen molar-refractivity contribution in [3.63, 3.8) is 0 Å². The number of hydrogen-bond donors (Lipinski definition) is 3. The minimum absolute atomic E-state index is 0.114.